The molecular formula is C13H18N2O3S. The van der Waals surface area contributed by atoms with E-state index in [-0.39, 0.29) is 6.61 Å². The van der Waals surface area contributed by atoms with Crippen LogP contribution in [0, 0.1) is 6.92 Å². The molecule has 0 aromatic carbocycles. The van der Waals surface area contributed by atoms with Crippen LogP contribution < -0.4 is 5.32 Å². The maximum atomic E-state index is 9.73. The molecule has 0 amide bonds. The third-order valence-corrected chi connectivity index (χ3v) is 3.42. The number of aliphatic hydroxyl groups is 1. The Bertz CT molecular complexity index is 470. The molecule has 0 radical (unpaired) electrons. The SMILES string of the molecule is Cc1csc(CNCC(O)COCc2ccco2)n1. The topological polar surface area (TPSA) is 67.5 Å². The van der Waals surface area contributed by atoms with Crippen molar-refractivity contribution in [2.75, 3.05) is 13.2 Å². The fraction of sp³-hybridized carbons (Fsp3) is 0.462. The number of aromatic nitrogens is 1. The first-order valence-electron chi connectivity index (χ1n) is 6.14. The highest BCUT2D eigenvalue weighted by Gasteiger charge is 2.06. The van der Waals surface area contributed by atoms with Crippen LogP contribution in [0.5, 0.6) is 0 Å². The summed E-state index contributed by atoms with van der Waals surface area (Å²) in [5, 5.41) is 15.9. The smallest absolute Gasteiger partial charge is 0.129 e. The highest BCUT2D eigenvalue weighted by atomic mass is 32.1. The highest BCUT2D eigenvalue weighted by molar-refractivity contribution is 7.09. The first-order valence-corrected chi connectivity index (χ1v) is 7.02. The summed E-state index contributed by atoms with van der Waals surface area (Å²) in [5.41, 5.74) is 1.03. The third-order valence-electron chi connectivity index (χ3n) is 2.46. The van der Waals surface area contributed by atoms with Crippen LogP contribution in [0.3, 0.4) is 0 Å². The van der Waals surface area contributed by atoms with Crippen LogP contribution in [-0.2, 0) is 17.9 Å². The summed E-state index contributed by atoms with van der Waals surface area (Å²) in [6, 6.07) is 3.65. The minimum atomic E-state index is -0.531. The zero-order valence-electron chi connectivity index (χ0n) is 10.8. The molecule has 19 heavy (non-hydrogen) atoms. The first kappa shape index (κ1) is 14.2. The second-order valence-electron chi connectivity index (χ2n) is 4.26. The van der Waals surface area contributed by atoms with E-state index >= 15 is 0 Å². The Balaban J connectivity index is 1.55. The number of rotatable bonds is 8. The van der Waals surface area contributed by atoms with E-state index in [0.717, 1.165) is 16.5 Å². The molecule has 5 nitrogen and oxygen atoms in total. The van der Waals surface area contributed by atoms with Crippen molar-refractivity contribution in [2.45, 2.75) is 26.2 Å². The second kappa shape index (κ2) is 7.40. The molecule has 0 aliphatic heterocycles. The summed E-state index contributed by atoms with van der Waals surface area (Å²) >= 11 is 1.62. The highest BCUT2D eigenvalue weighted by Crippen LogP contribution is 2.07. The lowest BCUT2D eigenvalue weighted by Gasteiger charge is -2.11. The van der Waals surface area contributed by atoms with Gasteiger partial charge in [-0.1, -0.05) is 0 Å². The average Bonchev–Trinajstić information content (AvgIpc) is 3.01. The van der Waals surface area contributed by atoms with Crippen LogP contribution >= 0.6 is 11.3 Å². The molecule has 2 N–H and O–H groups in total. The predicted molar refractivity (Wildman–Crippen MR) is 72.9 cm³/mol. The molecule has 2 heterocycles. The van der Waals surface area contributed by atoms with Gasteiger partial charge in [0, 0.05) is 24.2 Å². The number of aliphatic hydroxyl groups excluding tert-OH is 1. The molecule has 0 saturated carbocycles. The van der Waals surface area contributed by atoms with Crippen LogP contribution in [0.2, 0.25) is 0 Å². The molecule has 1 atom stereocenters. The van der Waals surface area contributed by atoms with Crippen LogP contribution in [0.4, 0.5) is 0 Å². The summed E-state index contributed by atoms with van der Waals surface area (Å²) in [5.74, 6) is 0.762. The Kier molecular flexibility index (Phi) is 5.53. The molecule has 6 heteroatoms. The molecule has 0 aliphatic carbocycles. The van der Waals surface area contributed by atoms with Gasteiger partial charge in [-0.15, -0.1) is 11.3 Å². The number of ether oxygens (including phenoxy) is 1. The van der Waals surface area contributed by atoms with Gasteiger partial charge in [0.1, 0.15) is 17.4 Å². The van der Waals surface area contributed by atoms with Gasteiger partial charge in [0.25, 0.3) is 0 Å². The lowest BCUT2D eigenvalue weighted by atomic mass is 10.3. The standard InChI is InChI=1S/C13H18N2O3S/c1-10-9-19-13(15-10)6-14-5-11(16)7-17-8-12-3-2-4-18-12/h2-4,9,11,14,16H,5-8H2,1H3. The van der Waals surface area contributed by atoms with Crippen molar-refractivity contribution in [3.8, 4) is 0 Å². The van der Waals surface area contributed by atoms with Crippen molar-refractivity contribution in [1.29, 1.82) is 0 Å². The maximum absolute atomic E-state index is 9.73. The second-order valence-corrected chi connectivity index (χ2v) is 5.20. The number of hydrogen-bond donors (Lipinski definition) is 2. The van der Waals surface area contributed by atoms with Crippen LogP contribution in [0.25, 0.3) is 0 Å². The van der Waals surface area contributed by atoms with Gasteiger partial charge in [0.15, 0.2) is 0 Å². The van der Waals surface area contributed by atoms with Crippen LogP contribution in [0.1, 0.15) is 16.5 Å². The van der Waals surface area contributed by atoms with Gasteiger partial charge in [0.05, 0.1) is 19.0 Å². The molecule has 2 aromatic rings. The fourth-order valence-electron chi connectivity index (χ4n) is 1.58. The molecule has 0 saturated heterocycles. The Morgan fingerprint density at radius 2 is 2.47 bits per heavy atom. The Morgan fingerprint density at radius 1 is 1.58 bits per heavy atom. The van der Waals surface area contributed by atoms with Crippen molar-refractivity contribution in [2.24, 2.45) is 0 Å². The van der Waals surface area contributed by atoms with Gasteiger partial charge < -0.3 is 19.6 Å². The molecule has 2 aromatic heterocycles. The van der Waals surface area contributed by atoms with Crippen molar-refractivity contribution >= 4 is 11.3 Å². The van der Waals surface area contributed by atoms with Gasteiger partial charge in [-0.3, -0.25) is 0 Å². The minimum absolute atomic E-state index is 0.282. The summed E-state index contributed by atoms with van der Waals surface area (Å²) < 4.78 is 10.5. The minimum Gasteiger partial charge on any atom is -0.467 e. The molecule has 0 fully saturated rings. The van der Waals surface area contributed by atoms with Gasteiger partial charge >= 0.3 is 0 Å². The van der Waals surface area contributed by atoms with Crippen molar-refractivity contribution in [3.05, 3.63) is 40.2 Å². The van der Waals surface area contributed by atoms with E-state index in [1.165, 1.54) is 0 Å². The monoisotopic (exact) mass is 282 g/mol. The zero-order valence-corrected chi connectivity index (χ0v) is 11.7. The average molecular weight is 282 g/mol. The maximum Gasteiger partial charge on any atom is 0.129 e. The first-order chi connectivity index (χ1) is 9.24. The lowest BCUT2D eigenvalue weighted by Crippen LogP contribution is -2.30. The number of furan rings is 1. The number of thiazole rings is 1. The Hall–Kier alpha value is -1.21. The summed E-state index contributed by atoms with van der Waals surface area (Å²) in [4.78, 5) is 4.33. The molecule has 1 unspecified atom stereocenters. The number of aryl methyl sites for hydroxylation is 1. The number of nitrogens with one attached hydrogen (secondary N) is 1. The molecule has 104 valence electrons. The van der Waals surface area contributed by atoms with Crippen LogP contribution in [0.15, 0.2) is 28.2 Å². The van der Waals surface area contributed by atoms with Gasteiger partial charge in [-0.25, -0.2) is 4.98 Å². The lowest BCUT2D eigenvalue weighted by molar-refractivity contribution is 0.0225. The van der Waals surface area contributed by atoms with Gasteiger partial charge in [-0.05, 0) is 19.1 Å². The summed E-state index contributed by atoms with van der Waals surface area (Å²) in [7, 11) is 0. The van der Waals surface area contributed by atoms with E-state index in [0.29, 0.717) is 19.7 Å². The van der Waals surface area contributed by atoms with Gasteiger partial charge in [0.2, 0.25) is 0 Å². The number of hydrogen-bond acceptors (Lipinski definition) is 6. The van der Waals surface area contributed by atoms with E-state index in [9.17, 15) is 5.11 Å². The van der Waals surface area contributed by atoms with Crippen molar-refractivity contribution < 1.29 is 14.3 Å². The predicted octanol–water partition coefficient (Wildman–Crippen LogP) is 1.71. The van der Waals surface area contributed by atoms with E-state index in [2.05, 4.69) is 10.3 Å². The summed E-state index contributed by atoms with van der Waals surface area (Å²) in [6.45, 7) is 3.79. The normalized spacial score (nSPS) is 12.7. The number of nitrogens with zero attached hydrogens (tertiary/aromatic N) is 1. The van der Waals surface area contributed by atoms with Crippen molar-refractivity contribution in [1.82, 2.24) is 10.3 Å². The third kappa shape index (κ3) is 5.12. The quantitative estimate of drug-likeness (QED) is 0.771. The van der Waals surface area contributed by atoms with Crippen LogP contribution in [-0.4, -0.2) is 29.3 Å². The fourth-order valence-corrected chi connectivity index (χ4v) is 2.32. The van der Waals surface area contributed by atoms with Crippen molar-refractivity contribution in [3.63, 3.8) is 0 Å². The largest absolute Gasteiger partial charge is 0.467 e. The van der Waals surface area contributed by atoms with E-state index in [1.807, 2.05) is 24.4 Å². The van der Waals surface area contributed by atoms with E-state index < -0.39 is 6.10 Å². The Labute approximate surface area is 116 Å². The molecule has 0 bridgehead atoms. The summed E-state index contributed by atoms with van der Waals surface area (Å²) in [6.07, 6.45) is 1.07. The molecule has 0 spiro atoms. The van der Waals surface area contributed by atoms with E-state index in [1.54, 1.807) is 17.6 Å². The Morgan fingerprint density at radius 3 is 3.16 bits per heavy atom. The zero-order chi connectivity index (χ0) is 13.5. The molecule has 2 rings (SSSR count). The molecular weight excluding hydrogens is 264 g/mol. The van der Waals surface area contributed by atoms with Gasteiger partial charge in [-0.2, -0.15) is 0 Å². The van der Waals surface area contributed by atoms with E-state index in [4.69, 9.17) is 9.15 Å². The molecule has 0 aliphatic rings.